The Labute approximate surface area is 135 Å². The Hall–Kier alpha value is -0.800. The molecule has 1 unspecified atom stereocenters. The zero-order chi connectivity index (χ0) is 15.8. The average Bonchev–Trinajstić information content (AvgIpc) is 2.82. The zero-order valence-electron chi connectivity index (χ0n) is 12.9. The Morgan fingerprint density at radius 1 is 1.24 bits per heavy atom. The van der Waals surface area contributed by atoms with Crippen molar-refractivity contribution >= 4 is 34.2 Å². The summed E-state index contributed by atoms with van der Waals surface area (Å²) in [5, 5.41) is -0.127. The predicted octanol–water partition coefficient (Wildman–Crippen LogP) is 6.05. The highest BCUT2D eigenvalue weighted by Crippen LogP contribution is 2.38. The maximum atomic E-state index is 13.7. The highest BCUT2D eigenvalue weighted by atomic mass is 35.5. The minimum absolute atomic E-state index is 0.0750. The van der Waals surface area contributed by atoms with Crippen molar-refractivity contribution in [2.45, 2.75) is 57.9 Å². The predicted molar refractivity (Wildman–Crippen MR) is 87.8 cm³/mol. The summed E-state index contributed by atoms with van der Waals surface area (Å²) in [6, 6.07) is 3.06. The third kappa shape index (κ3) is 2.66. The van der Waals surface area contributed by atoms with Crippen molar-refractivity contribution < 1.29 is 4.39 Å². The number of hydrogen-bond donors (Lipinski definition) is 0. The summed E-state index contributed by atoms with van der Waals surface area (Å²) in [7, 11) is 0. The lowest BCUT2D eigenvalue weighted by Crippen LogP contribution is -2.33. The van der Waals surface area contributed by atoms with Gasteiger partial charge >= 0.3 is 0 Å². The fourth-order valence-electron chi connectivity index (χ4n) is 3.08. The van der Waals surface area contributed by atoms with Crippen LogP contribution < -0.4 is 0 Å². The summed E-state index contributed by atoms with van der Waals surface area (Å²) in [6.45, 7) is 8.37. The molecule has 0 spiro atoms. The molecule has 21 heavy (non-hydrogen) atoms. The van der Waals surface area contributed by atoms with Crippen LogP contribution in [0, 0.1) is 5.82 Å². The van der Waals surface area contributed by atoms with E-state index in [4.69, 9.17) is 23.2 Å². The van der Waals surface area contributed by atoms with Crippen LogP contribution >= 0.6 is 23.2 Å². The number of alkyl halides is 1. The maximum absolute atomic E-state index is 13.7. The molecule has 5 heteroatoms. The fourth-order valence-corrected chi connectivity index (χ4v) is 3.39. The molecule has 1 heterocycles. The number of fused-ring (bicyclic) bond motifs is 1. The molecular weight excluding hydrogens is 310 g/mol. The monoisotopic (exact) mass is 330 g/mol. The normalized spacial score (nSPS) is 13.9. The van der Waals surface area contributed by atoms with Crippen LogP contribution in [-0.2, 0) is 5.54 Å². The van der Waals surface area contributed by atoms with Crippen LogP contribution in [-0.4, -0.2) is 9.55 Å². The van der Waals surface area contributed by atoms with Crippen LogP contribution in [0.25, 0.3) is 11.0 Å². The summed E-state index contributed by atoms with van der Waals surface area (Å²) in [5.41, 5.74) is 1.39. The summed E-state index contributed by atoms with van der Waals surface area (Å²) < 4.78 is 15.9. The molecule has 0 fully saturated rings. The van der Waals surface area contributed by atoms with E-state index < -0.39 is 5.82 Å². The summed E-state index contributed by atoms with van der Waals surface area (Å²) in [6.07, 6.45) is 2.87. The number of hydrogen-bond acceptors (Lipinski definition) is 1. The van der Waals surface area contributed by atoms with Gasteiger partial charge in [-0.25, -0.2) is 9.37 Å². The van der Waals surface area contributed by atoms with E-state index in [1.807, 2.05) is 6.92 Å². The molecule has 0 saturated heterocycles. The molecule has 0 N–H and O–H groups in total. The Morgan fingerprint density at radius 3 is 2.29 bits per heavy atom. The molecule has 0 aliphatic carbocycles. The van der Waals surface area contributed by atoms with E-state index in [9.17, 15) is 4.39 Å². The molecule has 0 aliphatic heterocycles. The van der Waals surface area contributed by atoms with Crippen molar-refractivity contribution in [2.75, 3.05) is 0 Å². The first-order chi connectivity index (χ1) is 9.90. The second-order valence-electron chi connectivity index (χ2n) is 5.46. The number of rotatable bonds is 5. The number of nitrogens with zero attached hydrogens (tertiary/aromatic N) is 2. The van der Waals surface area contributed by atoms with E-state index in [0.717, 1.165) is 30.6 Å². The Morgan fingerprint density at radius 2 is 1.81 bits per heavy atom. The van der Waals surface area contributed by atoms with Crippen LogP contribution in [0.2, 0.25) is 5.02 Å². The van der Waals surface area contributed by atoms with Crippen LogP contribution in [0.1, 0.15) is 58.2 Å². The number of imidazole rings is 1. The van der Waals surface area contributed by atoms with Crippen molar-refractivity contribution in [3.63, 3.8) is 0 Å². The molecule has 2 nitrogen and oxygen atoms in total. The van der Waals surface area contributed by atoms with Gasteiger partial charge in [0.05, 0.1) is 21.4 Å². The molecule has 0 amide bonds. The highest BCUT2D eigenvalue weighted by molar-refractivity contribution is 6.31. The fraction of sp³-hybridized carbons (Fsp3) is 0.562. The van der Waals surface area contributed by atoms with Crippen molar-refractivity contribution in [3.05, 3.63) is 28.8 Å². The SMILES string of the molecule is CCC(CC)(CC)n1c(C(C)Cl)nc2cc(F)c(Cl)cc21. The maximum Gasteiger partial charge on any atom is 0.144 e. The number of halogens is 3. The molecule has 1 atom stereocenters. The van der Waals surface area contributed by atoms with Gasteiger partial charge in [-0.3, -0.25) is 0 Å². The van der Waals surface area contributed by atoms with E-state index in [1.165, 1.54) is 6.07 Å². The van der Waals surface area contributed by atoms with Gasteiger partial charge < -0.3 is 4.57 Å². The van der Waals surface area contributed by atoms with E-state index in [2.05, 4.69) is 30.3 Å². The summed E-state index contributed by atoms with van der Waals surface area (Å²) in [5.74, 6) is 0.330. The molecule has 0 bridgehead atoms. The molecule has 0 aliphatic rings. The van der Waals surface area contributed by atoms with Crippen molar-refractivity contribution in [2.24, 2.45) is 0 Å². The first-order valence-electron chi connectivity index (χ1n) is 7.42. The van der Waals surface area contributed by atoms with Gasteiger partial charge in [0.25, 0.3) is 0 Å². The molecule has 2 aromatic rings. The van der Waals surface area contributed by atoms with Gasteiger partial charge in [0, 0.05) is 11.6 Å². The average molecular weight is 331 g/mol. The second kappa shape index (κ2) is 6.13. The molecule has 0 saturated carbocycles. The second-order valence-corrected chi connectivity index (χ2v) is 6.52. The van der Waals surface area contributed by atoms with Crippen LogP contribution in [0.5, 0.6) is 0 Å². The largest absolute Gasteiger partial charge is 0.320 e. The summed E-state index contributed by atoms with van der Waals surface area (Å²) >= 11 is 12.3. The van der Waals surface area contributed by atoms with Gasteiger partial charge in [-0.05, 0) is 32.3 Å². The minimum atomic E-state index is -0.447. The van der Waals surface area contributed by atoms with Gasteiger partial charge in [-0.15, -0.1) is 11.6 Å². The minimum Gasteiger partial charge on any atom is -0.320 e. The first kappa shape index (κ1) is 16.6. The van der Waals surface area contributed by atoms with Crippen LogP contribution in [0.4, 0.5) is 4.39 Å². The zero-order valence-corrected chi connectivity index (χ0v) is 14.4. The Kier molecular flexibility index (Phi) is 4.84. The summed E-state index contributed by atoms with van der Waals surface area (Å²) in [4.78, 5) is 4.56. The van der Waals surface area contributed by atoms with Gasteiger partial charge in [0.15, 0.2) is 0 Å². The smallest absolute Gasteiger partial charge is 0.144 e. The van der Waals surface area contributed by atoms with Gasteiger partial charge in [-0.2, -0.15) is 0 Å². The van der Waals surface area contributed by atoms with Gasteiger partial charge in [0.2, 0.25) is 0 Å². The molecule has 0 radical (unpaired) electrons. The van der Waals surface area contributed by atoms with E-state index in [0.29, 0.717) is 5.52 Å². The van der Waals surface area contributed by atoms with E-state index in [-0.39, 0.29) is 15.9 Å². The van der Waals surface area contributed by atoms with Gasteiger partial charge in [-0.1, -0.05) is 32.4 Å². The number of benzene rings is 1. The van der Waals surface area contributed by atoms with E-state index >= 15 is 0 Å². The third-order valence-electron chi connectivity index (χ3n) is 4.53. The van der Waals surface area contributed by atoms with Crippen LogP contribution in [0.3, 0.4) is 0 Å². The standard InChI is InChI=1S/C16H21Cl2FN2/c1-5-16(6-2,7-3)21-14-8-11(18)12(19)9-13(14)20-15(21)10(4)17/h8-10H,5-7H2,1-4H3. The van der Waals surface area contributed by atoms with E-state index in [1.54, 1.807) is 6.07 Å². The lowest BCUT2D eigenvalue weighted by Gasteiger charge is -2.35. The first-order valence-corrected chi connectivity index (χ1v) is 8.23. The Balaban J connectivity index is 2.86. The number of aromatic nitrogens is 2. The van der Waals surface area contributed by atoms with Crippen molar-refractivity contribution in [1.29, 1.82) is 0 Å². The van der Waals surface area contributed by atoms with Crippen molar-refractivity contribution in [1.82, 2.24) is 9.55 Å². The molecule has 2 rings (SSSR count). The highest BCUT2D eigenvalue weighted by Gasteiger charge is 2.32. The quantitative estimate of drug-likeness (QED) is 0.610. The van der Waals surface area contributed by atoms with Gasteiger partial charge in [0.1, 0.15) is 11.6 Å². The van der Waals surface area contributed by atoms with Crippen molar-refractivity contribution in [3.8, 4) is 0 Å². The molecule has 116 valence electrons. The van der Waals surface area contributed by atoms with Crippen LogP contribution in [0.15, 0.2) is 12.1 Å². The lowest BCUT2D eigenvalue weighted by atomic mass is 9.89. The molecule has 1 aromatic heterocycles. The third-order valence-corrected chi connectivity index (χ3v) is 5.01. The lowest BCUT2D eigenvalue weighted by molar-refractivity contribution is 0.251. The topological polar surface area (TPSA) is 17.8 Å². The molecular formula is C16H21Cl2FN2. The Bertz CT molecular complexity index is 637. The molecule has 1 aromatic carbocycles.